The molecule has 1 aromatic carbocycles. The van der Waals surface area contributed by atoms with Gasteiger partial charge in [0.15, 0.2) is 0 Å². The Morgan fingerprint density at radius 1 is 1.44 bits per heavy atom. The molecule has 1 heterocycles. The van der Waals surface area contributed by atoms with E-state index in [0.29, 0.717) is 16.9 Å². The van der Waals surface area contributed by atoms with Crippen molar-refractivity contribution in [3.63, 3.8) is 0 Å². The van der Waals surface area contributed by atoms with Crippen LogP contribution in [0.2, 0.25) is 0 Å². The zero-order valence-corrected chi connectivity index (χ0v) is 11.0. The molecule has 18 heavy (non-hydrogen) atoms. The molecule has 0 N–H and O–H groups in total. The molecule has 0 aliphatic carbocycles. The lowest BCUT2D eigenvalue weighted by molar-refractivity contribution is 0.616. The molecule has 92 valence electrons. The van der Waals surface area contributed by atoms with E-state index in [0.717, 1.165) is 10.7 Å². The van der Waals surface area contributed by atoms with Gasteiger partial charge in [0.2, 0.25) is 0 Å². The minimum absolute atomic E-state index is 0.333. The zero-order chi connectivity index (χ0) is 13.1. The summed E-state index contributed by atoms with van der Waals surface area (Å²) in [5.74, 6) is 0.191. The Labute approximate surface area is 109 Å². The highest BCUT2D eigenvalue weighted by Gasteiger charge is 2.07. The van der Waals surface area contributed by atoms with Crippen molar-refractivity contribution in [2.75, 3.05) is 0 Å². The quantitative estimate of drug-likeness (QED) is 0.797. The van der Waals surface area contributed by atoms with E-state index in [-0.39, 0.29) is 5.82 Å². The Bertz CT molecular complexity index is 613. The first kappa shape index (κ1) is 12.7. The van der Waals surface area contributed by atoms with Crippen LogP contribution in [0.4, 0.5) is 4.39 Å². The maximum absolute atomic E-state index is 13.7. The number of aromatic nitrogens is 2. The monoisotopic (exact) mass is 261 g/mol. The van der Waals surface area contributed by atoms with Crippen LogP contribution in [0.5, 0.6) is 0 Å². The van der Waals surface area contributed by atoms with Crippen LogP contribution in [0.25, 0.3) is 0 Å². The van der Waals surface area contributed by atoms with Crippen LogP contribution in [0.3, 0.4) is 0 Å². The fourth-order valence-electron chi connectivity index (χ4n) is 1.61. The van der Waals surface area contributed by atoms with E-state index >= 15 is 0 Å². The summed E-state index contributed by atoms with van der Waals surface area (Å²) in [6.45, 7) is 1.92. The van der Waals surface area contributed by atoms with Crippen LogP contribution in [0.1, 0.15) is 16.8 Å². The second-order valence-corrected chi connectivity index (χ2v) is 4.95. The molecule has 0 radical (unpaired) electrons. The molecule has 0 atom stereocenters. The van der Waals surface area contributed by atoms with Crippen molar-refractivity contribution in [1.29, 1.82) is 5.26 Å². The summed E-state index contributed by atoms with van der Waals surface area (Å²) < 4.78 is 15.4. The fraction of sp³-hybridized carbons (Fsp3) is 0.231. The van der Waals surface area contributed by atoms with Crippen LogP contribution in [-0.2, 0) is 12.8 Å². The third-order valence-corrected chi connectivity index (χ3v) is 3.65. The average molecular weight is 261 g/mol. The van der Waals surface area contributed by atoms with Gasteiger partial charge in [-0.25, -0.2) is 4.39 Å². The smallest absolute Gasteiger partial charge is 0.128 e. The van der Waals surface area contributed by atoms with Gasteiger partial charge >= 0.3 is 0 Å². The molecule has 0 aliphatic heterocycles. The van der Waals surface area contributed by atoms with Crippen molar-refractivity contribution < 1.29 is 4.39 Å². The van der Waals surface area contributed by atoms with Crippen molar-refractivity contribution in [1.82, 2.24) is 9.78 Å². The lowest BCUT2D eigenvalue weighted by Crippen LogP contribution is -1.94. The first-order chi connectivity index (χ1) is 8.60. The fourth-order valence-corrected chi connectivity index (χ4v) is 2.63. The van der Waals surface area contributed by atoms with Crippen molar-refractivity contribution in [2.45, 2.75) is 17.7 Å². The number of aryl methyl sites for hydroxylation is 2. The maximum atomic E-state index is 13.7. The van der Waals surface area contributed by atoms with E-state index < -0.39 is 0 Å². The van der Waals surface area contributed by atoms with Gasteiger partial charge in [-0.05, 0) is 30.7 Å². The SMILES string of the molecule is Cc1cc(SCc2ccc(C#N)cc2F)n(C)n1. The molecule has 1 aromatic heterocycles. The second-order valence-electron chi connectivity index (χ2n) is 3.95. The van der Waals surface area contributed by atoms with E-state index in [1.165, 1.54) is 17.8 Å². The lowest BCUT2D eigenvalue weighted by Gasteiger charge is -2.03. The predicted molar refractivity (Wildman–Crippen MR) is 68.6 cm³/mol. The van der Waals surface area contributed by atoms with Gasteiger partial charge in [0, 0.05) is 12.8 Å². The van der Waals surface area contributed by atoms with Gasteiger partial charge in [-0.3, -0.25) is 4.68 Å². The summed E-state index contributed by atoms with van der Waals surface area (Å²) in [6.07, 6.45) is 0. The van der Waals surface area contributed by atoms with Gasteiger partial charge in [0.1, 0.15) is 5.82 Å². The van der Waals surface area contributed by atoms with Crippen molar-refractivity contribution in [3.8, 4) is 6.07 Å². The Balaban J connectivity index is 2.11. The summed E-state index contributed by atoms with van der Waals surface area (Å²) in [5, 5.41) is 13.9. The molecule has 2 rings (SSSR count). The van der Waals surface area contributed by atoms with Gasteiger partial charge in [0.05, 0.1) is 22.4 Å². The molecule has 5 heteroatoms. The minimum atomic E-state index is -0.333. The second kappa shape index (κ2) is 5.23. The highest BCUT2D eigenvalue weighted by Crippen LogP contribution is 2.24. The Morgan fingerprint density at radius 2 is 2.22 bits per heavy atom. The van der Waals surface area contributed by atoms with Crippen LogP contribution in [0, 0.1) is 24.1 Å². The largest absolute Gasteiger partial charge is 0.262 e. The van der Waals surface area contributed by atoms with Gasteiger partial charge < -0.3 is 0 Å². The number of thioether (sulfide) groups is 1. The standard InChI is InChI=1S/C13H12FN3S/c1-9-5-13(17(2)16-9)18-8-11-4-3-10(7-15)6-12(11)14/h3-6H,8H2,1-2H3. The summed E-state index contributed by atoms with van der Waals surface area (Å²) >= 11 is 1.53. The number of hydrogen-bond donors (Lipinski definition) is 0. The Hall–Kier alpha value is -1.80. The molecular formula is C13H12FN3S. The van der Waals surface area contributed by atoms with Gasteiger partial charge in [-0.1, -0.05) is 6.07 Å². The number of hydrogen-bond acceptors (Lipinski definition) is 3. The molecular weight excluding hydrogens is 249 g/mol. The topological polar surface area (TPSA) is 41.6 Å². The molecule has 0 fully saturated rings. The molecule has 0 saturated carbocycles. The molecule has 0 saturated heterocycles. The van der Waals surface area contributed by atoms with E-state index in [4.69, 9.17) is 5.26 Å². The normalized spacial score (nSPS) is 10.3. The average Bonchev–Trinajstić information content (AvgIpc) is 2.66. The van der Waals surface area contributed by atoms with Crippen molar-refractivity contribution in [2.24, 2.45) is 7.05 Å². The molecule has 0 unspecified atom stereocenters. The summed E-state index contributed by atoms with van der Waals surface area (Å²) in [5.41, 5.74) is 1.88. The van der Waals surface area contributed by atoms with Gasteiger partial charge in [0.25, 0.3) is 0 Å². The number of nitrogens with zero attached hydrogens (tertiary/aromatic N) is 3. The summed E-state index contributed by atoms with van der Waals surface area (Å²) in [7, 11) is 1.87. The first-order valence-electron chi connectivity index (χ1n) is 5.42. The van der Waals surface area contributed by atoms with E-state index in [9.17, 15) is 4.39 Å². The number of halogens is 1. The summed E-state index contributed by atoms with van der Waals surface area (Å²) in [4.78, 5) is 0. The molecule has 0 spiro atoms. The highest BCUT2D eigenvalue weighted by atomic mass is 32.2. The zero-order valence-electron chi connectivity index (χ0n) is 10.1. The number of nitriles is 1. The van der Waals surface area contributed by atoms with Crippen molar-refractivity contribution >= 4 is 11.8 Å². The molecule has 0 amide bonds. The van der Waals surface area contributed by atoms with E-state index in [1.807, 2.05) is 26.1 Å². The van der Waals surface area contributed by atoms with Crippen LogP contribution >= 0.6 is 11.8 Å². The van der Waals surface area contributed by atoms with Crippen molar-refractivity contribution in [3.05, 3.63) is 46.9 Å². The Morgan fingerprint density at radius 3 is 2.78 bits per heavy atom. The first-order valence-corrected chi connectivity index (χ1v) is 6.40. The van der Waals surface area contributed by atoms with Gasteiger partial charge in [-0.15, -0.1) is 11.8 Å². The van der Waals surface area contributed by atoms with Crippen LogP contribution < -0.4 is 0 Å². The molecule has 2 aromatic rings. The van der Waals surface area contributed by atoms with Crippen LogP contribution in [0.15, 0.2) is 29.3 Å². The molecule has 0 aliphatic rings. The van der Waals surface area contributed by atoms with Gasteiger partial charge in [-0.2, -0.15) is 10.4 Å². The van der Waals surface area contributed by atoms with E-state index in [1.54, 1.807) is 16.8 Å². The van der Waals surface area contributed by atoms with Crippen LogP contribution in [-0.4, -0.2) is 9.78 Å². The maximum Gasteiger partial charge on any atom is 0.128 e. The lowest BCUT2D eigenvalue weighted by atomic mass is 10.1. The predicted octanol–water partition coefficient (Wildman–Crippen LogP) is 3.03. The highest BCUT2D eigenvalue weighted by molar-refractivity contribution is 7.98. The summed E-state index contributed by atoms with van der Waals surface area (Å²) in [6, 6.07) is 8.44. The number of rotatable bonds is 3. The van der Waals surface area contributed by atoms with E-state index in [2.05, 4.69) is 5.10 Å². The molecule has 0 bridgehead atoms. The Kier molecular flexibility index (Phi) is 3.68. The number of benzene rings is 1. The molecule has 3 nitrogen and oxygen atoms in total. The third kappa shape index (κ3) is 2.71. The minimum Gasteiger partial charge on any atom is -0.262 e. The third-order valence-electron chi connectivity index (χ3n) is 2.52.